The SMILES string of the molecule is CC1(CN)CCN(Cc2cc(F)ccc2Br)C1.Cl. The number of rotatable bonds is 3. The molecule has 1 saturated heterocycles. The van der Waals surface area contributed by atoms with E-state index >= 15 is 0 Å². The van der Waals surface area contributed by atoms with Crippen molar-refractivity contribution in [3.05, 3.63) is 34.1 Å². The maximum absolute atomic E-state index is 13.2. The lowest BCUT2D eigenvalue weighted by molar-refractivity contribution is 0.274. The first-order chi connectivity index (χ1) is 8.02. The van der Waals surface area contributed by atoms with Crippen LogP contribution in [0.2, 0.25) is 0 Å². The normalized spacial score (nSPS) is 24.0. The van der Waals surface area contributed by atoms with Gasteiger partial charge in [0.25, 0.3) is 0 Å². The average Bonchev–Trinajstić information content (AvgIpc) is 2.67. The Labute approximate surface area is 122 Å². The molecule has 1 atom stereocenters. The van der Waals surface area contributed by atoms with E-state index in [0.29, 0.717) is 6.54 Å². The van der Waals surface area contributed by atoms with Crippen LogP contribution in [0.15, 0.2) is 22.7 Å². The van der Waals surface area contributed by atoms with Gasteiger partial charge >= 0.3 is 0 Å². The molecule has 1 aliphatic heterocycles. The zero-order chi connectivity index (χ0) is 12.5. The van der Waals surface area contributed by atoms with Gasteiger partial charge < -0.3 is 5.73 Å². The fourth-order valence-corrected chi connectivity index (χ4v) is 2.70. The van der Waals surface area contributed by atoms with Crippen molar-refractivity contribution in [2.45, 2.75) is 19.9 Å². The van der Waals surface area contributed by atoms with Crippen molar-refractivity contribution in [3.63, 3.8) is 0 Å². The van der Waals surface area contributed by atoms with Crippen molar-refractivity contribution in [3.8, 4) is 0 Å². The molecule has 0 amide bonds. The van der Waals surface area contributed by atoms with Gasteiger partial charge in [-0.1, -0.05) is 22.9 Å². The van der Waals surface area contributed by atoms with E-state index in [-0.39, 0.29) is 23.6 Å². The van der Waals surface area contributed by atoms with E-state index in [1.807, 2.05) is 0 Å². The summed E-state index contributed by atoms with van der Waals surface area (Å²) in [5.74, 6) is -0.177. The summed E-state index contributed by atoms with van der Waals surface area (Å²) in [6.07, 6.45) is 1.12. The third-order valence-corrected chi connectivity index (χ3v) is 4.31. The average molecular weight is 338 g/mol. The van der Waals surface area contributed by atoms with E-state index in [1.165, 1.54) is 6.07 Å². The van der Waals surface area contributed by atoms with Crippen LogP contribution in [0.3, 0.4) is 0 Å². The number of nitrogens with zero attached hydrogens (tertiary/aromatic N) is 1. The van der Waals surface area contributed by atoms with Gasteiger partial charge in [-0.25, -0.2) is 4.39 Å². The maximum Gasteiger partial charge on any atom is 0.123 e. The summed E-state index contributed by atoms with van der Waals surface area (Å²) < 4.78 is 14.2. The van der Waals surface area contributed by atoms with Gasteiger partial charge in [-0.15, -0.1) is 12.4 Å². The highest BCUT2D eigenvalue weighted by Crippen LogP contribution is 2.30. The lowest BCUT2D eigenvalue weighted by Crippen LogP contribution is -2.31. The lowest BCUT2D eigenvalue weighted by atomic mass is 9.90. The molecule has 0 radical (unpaired) electrons. The van der Waals surface area contributed by atoms with E-state index in [0.717, 1.165) is 36.1 Å². The van der Waals surface area contributed by atoms with Gasteiger partial charge in [0.1, 0.15) is 5.82 Å². The van der Waals surface area contributed by atoms with Crippen molar-refractivity contribution in [2.24, 2.45) is 11.1 Å². The second kappa shape index (κ2) is 6.33. The molecule has 2 N–H and O–H groups in total. The predicted octanol–water partition coefficient (Wildman–Crippen LogP) is 3.18. The highest BCUT2D eigenvalue weighted by molar-refractivity contribution is 9.10. The predicted molar refractivity (Wildman–Crippen MR) is 78.4 cm³/mol. The molecule has 0 spiro atoms. The smallest absolute Gasteiger partial charge is 0.123 e. The summed E-state index contributed by atoms with van der Waals surface area (Å²) in [5.41, 5.74) is 7.01. The monoisotopic (exact) mass is 336 g/mol. The van der Waals surface area contributed by atoms with Crippen LogP contribution in [0.25, 0.3) is 0 Å². The van der Waals surface area contributed by atoms with Crippen molar-refractivity contribution >= 4 is 28.3 Å². The largest absolute Gasteiger partial charge is 0.330 e. The van der Waals surface area contributed by atoms with Crippen LogP contribution >= 0.6 is 28.3 Å². The molecule has 0 bridgehead atoms. The van der Waals surface area contributed by atoms with E-state index in [4.69, 9.17) is 5.73 Å². The Hall–Kier alpha value is -0.160. The second-order valence-electron chi connectivity index (χ2n) is 5.21. The molecule has 0 aliphatic carbocycles. The third kappa shape index (κ3) is 3.67. The van der Waals surface area contributed by atoms with Gasteiger partial charge in [0.15, 0.2) is 0 Å². The summed E-state index contributed by atoms with van der Waals surface area (Å²) >= 11 is 3.47. The number of hydrogen-bond donors (Lipinski definition) is 1. The molecule has 1 aromatic carbocycles. The minimum atomic E-state index is -0.177. The topological polar surface area (TPSA) is 29.3 Å². The molecule has 0 aromatic heterocycles. The van der Waals surface area contributed by atoms with E-state index in [9.17, 15) is 4.39 Å². The summed E-state index contributed by atoms with van der Waals surface area (Å²) in [5, 5.41) is 0. The van der Waals surface area contributed by atoms with Crippen molar-refractivity contribution in [1.29, 1.82) is 0 Å². The minimum Gasteiger partial charge on any atom is -0.330 e. The molecule has 2 rings (SSSR count). The molecular formula is C13H19BrClFN2. The Kier molecular flexibility index (Phi) is 5.59. The summed E-state index contributed by atoms with van der Waals surface area (Å²) in [6, 6.07) is 4.84. The van der Waals surface area contributed by atoms with Gasteiger partial charge in [0.2, 0.25) is 0 Å². The molecular weight excluding hydrogens is 319 g/mol. The Morgan fingerprint density at radius 1 is 1.50 bits per heavy atom. The van der Waals surface area contributed by atoms with Crippen molar-refractivity contribution in [1.82, 2.24) is 4.90 Å². The fraction of sp³-hybridized carbons (Fsp3) is 0.538. The van der Waals surface area contributed by atoms with Crippen LogP contribution in [-0.4, -0.2) is 24.5 Å². The summed E-state index contributed by atoms with van der Waals surface area (Å²) in [4.78, 5) is 2.34. The zero-order valence-electron chi connectivity index (χ0n) is 10.5. The van der Waals surface area contributed by atoms with Crippen LogP contribution in [0.4, 0.5) is 4.39 Å². The van der Waals surface area contributed by atoms with Gasteiger partial charge in [-0.3, -0.25) is 4.90 Å². The van der Waals surface area contributed by atoms with Gasteiger partial charge in [0.05, 0.1) is 0 Å². The van der Waals surface area contributed by atoms with Gasteiger partial charge in [-0.05, 0) is 48.7 Å². The Bertz CT molecular complexity index is 416. The standard InChI is InChI=1S/C13H18BrFN2.ClH/c1-13(8-16)4-5-17(9-13)7-10-6-11(15)2-3-12(10)14;/h2-3,6H,4-5,7-9,16H2,1H3;1H. The van der Waals surface area contributed by atoms with E-state index in [2.05, 4.69) is 27.8 Å². The molecule has 1 unspecified atom stereocenters. The molecule has 18 heavy (non-hydrogen) atoms. The van der Waals surface area contributed by atoms with Gasteiger partial charge in [0, 0.05) is 17.6 Å². The summed E-state index contributed by atoms with van der Waals surface area (Å²) in [7, 11) is 0. The lowest BCUT2D eigenvalue weighted by Gasteiger charge is -2.22. The van der Waals surface area contributed by atoms with Crippen LogP contribution in [0, 0.1) is 11.2 Å². The number of halogens is 3. The van der Waals surface area contributed by atoms with Crippen LogP contribution in [0.5, 0.6) is 0 Å². The molecule has 0 saturated carbocycles. The molecule has 2 nitrogen and oxygen atoms in total. The molecule has 102 valence electrons. The maximum atomic E-state index is 13.2. The van der Waals surface area contributed by atoms with E-state index < -0.39 is 0 Å². The number of likely N-dealkylation sites (tertiary alicyclic amines) is 1. The number of benzene rings is 1. The van der Waals surface area contributed by atoms with E-state index in [1.54, 1.807) is 12.1 Å². The second-order valence-corrected chi connectivity index (χ2v) is 6.07. The molecule has 1 aliphatic rings. The number of hydrogen-bond acceptors (Lipinski definition) is 2. The number of nitrogens with two attached hydrogens (primary N) is 1. The Morgan fingerprint density at radius 2 is 2.22 bits per heavy atom. The first-order valence-electron chi connectivity index (χ1n) is 5.89. The van der Waals surface area contributed by atoms with Gasteiger partial charge in [-0.2, -0.15) is 0 Å². The first-order valence-corrected chi connectivity index (χ1v) is 6.68. The molecule has 1 aromatic rings. The van der Waals surface area contributed by atoms with Crippen molar-refractivity contribution < 1.29 is 4.39 Å². The highest BCUT2D eigenvalue weighted by Gasteiger charge is 2.32. The first kappa shape index (κ1) is 15.9. The quantitative estimate of drug-likeness (QED) is 0.918. The molecule has 1 heterocycles. The fourth-order valence-electron chi connectivity index (χ4n) is 2.33. The minimum absolute atomic E-state index is 0. The third-order valence-electron chi connectivity index (χ3n) is 3.53. The van der Waals surface area contributed by atoms with Crippen molar-refractivity contribution in [2.75, 3.05) is 19.6 Å². The Morgan fingerprint density at radius 3 is 2.83 bits per heavy atom. The van der Waals surface area contributed by atoms with Crippen LogP contribution in [0.1, 0.15) is 18.9 Å². The molecule has 5 heteroatoms. The Balaban J connectivity index is 0.00000162. The highest BCUT2D eigenvalue weighted by atomic mass is 79.9. The molecule has 1 fully saturated rings. The summed E-state index contributed by atoms with van der Waals surface area (Å²) in [6.45, 7) is 5.75. The van der Waals surface area contributed by atoms with Crippen LogP contribution < -0.4 is 5.73 Å². The van der Waals surface area contributed by atoms with Crippen LogP contribution in [-0.2, 0) is 6.54 Å². The zero-order valence-corrected chi connectivity index (χ0v) is 12.9.